The molecule has 21 heavy (non-hydrogen) atoms. The van der Waals surface area contributed by atoms with Crippen molar-refractivity contribution in [3.05, 3.63) is 32.8 Å². The van der Waals surface area contributed by atoms with Crippen LogP contribution < -0.4 is 0 Å². The third kappa shape index (κ3) is 4.22. The minimum atomic E-state index is -4.02. The lowest BCUT2D eigenvalue weighted by Gasteiger charge is -2.25. The van der Waals surface area contributed by atoms with Crippen LogP contribution in [0.3, 0.4) is 0 Å². The fourth-order valence-electron chi connectivity index (χ4n) is 1.85. The average Bonchev–Trinajstić information content (AvgIpc) is 2.38. The van der Waals surface area contributed by atoms with Gasteiger partial charge in [0.15, 0.2) is 4.90 Å². The van der Waals surface area contributed by atoms with E-state index in [1.165, 1.54) is 12.1 Å². The first kappa shape index (κ1) is 18.0. The molecule has 0 amide bonds. The van der Waals surface area contributed by atoms with E-state index in [1.807, 2.05) is 0 Å². The van der Waals surface area contributed by atoms with Crippen LogP contribution in [0.15, 0.2) is 27.6 Å². The predicted octanol–water partition coefficient (Wildman–Crippen LogP) is 2.14. The van der Waals surface area contributed by atoms with E-state index in [2.05, 4.69) is 15.9 Å². The second kappa shape index (κ2) is 7.30. The van der Waals surface area contributed by atoms with Gasteiger partial charge in [-0.3, -0.25) is 10.1 Å². The smallest absolute Gasteiger partial charge is 0.289 e. The van der Waals surface area contributed by atoms with Gasteiger partial charge in [0.25, 0.3) is 5.69 Å². The zero-order valence-corrected chi connectivity index (χ0v) is 14.1. The lowest BCUT2D eigenvalue weighted by atomic mass is 10.3. The Morgan fingerprint density at radius 3 is 2.52 bits per heavy atom. The van der Waals surface area contributed by atoms with Gasteiger partial charge in [0.2, 0.25) is 10.0 Å². The maximum atomic E-state index is 12.7. The fourth-order valence-corrected chi connectivity index (χ4v) is 4.23. The topological polar surface area (TPSA) is 101 Å². The lowest BCUT2D eigenvalue weighted by molar-refractivity contribution is -0.387. The van der Waals surface area contributed by atoms with Crippen LogP contribution in [0, 0.1) is 10.1 Å². The molecule has 0 aliphatic carbocycles. The molecule has 0 saturated heterocycles. The van der Waals surface area contributed by atoms with E-state index in [1.54, 1.807) is 13.8 Å². The van der Waals surface area contributed by atoms with Crippen LogP contribution in [-0.2, 0) is 10.0 Å². The van der Waals surface area contributed by atoms with E-state index < -0.39 is 20.6 Å². The molecule has 0 aliphatic heterocycles. The van der Waals surface area contributed by atoms with Gasteiger partial charge in [-0.05, 0) is 32.4 Å². The molecule has 0 saturated carbocycles. The first-order valence-electron chi connectivity index (χ1n) is 6.28. The van der Waals surface area contributed by atoms with Gasteiger partial charge in [-0.2, -0.15) is 4.31 Å². The van der Waals surface area contributed by atoms with Crippen LogP contribution in [0.25, 0.3) is 0 Å². The molecule has 1 aromatic carbocycles. The van der Waals surface area contributed by atoms with Gasteiger partial charge in [-0.1, -0.05) is 15.9 Å². The Morgan fingerprint density at radius 1 is 1.43 bits per heavy atom. The number of nitrogens with zero attached hydrogens (tertiary/aromatic N) is 2. The van der Waals surface area contributed by atoms with Crippen molar-refractivity contribution in [2.75, 3.05) is 13.2 Å². The number of hydrogen-bond acceptors (Lipinski definition) is 5. The number of aliphatic hydroxyl groups is 1. The number of nitro benzene ring substituents is 1. The van der Waals surface area contributed by atoms with Crippen LogP contribution in [0.5, 0.6) is 0 Å². The number of aliphatic hydroxyl groups excluding tert-OH is 1. The molecule has 0 unspecified atom stereocenters. The third-order valence-electron chi connectivity index (χ3n) is 2.82. The average molecular weight is 381 g/mol. The highest BCUT2D eigenvalue weighted by Crippen LogP contribution is 2.30. The van der Waals surface area contributed by atoms with E-state index in [0.29, 0.717) is 4.47 Å². The largest absolute Gasteiger partial charge is 0.396 e. The second-order valence-corrected chi connectivity index (χ2v) is 7.43. The first-order chi connectivity index (χ1) is 9.71. The molecule has 1 rings (SSSR count). The van der Waals surface area contributed by atoms with Crippen molar-refractivity contribution in [2.45, 2.75) is 31.2 Å². The summed E-state index contributed by atoms with van der Waals surface area (Å²) in [4.78, 5) is 9.98. The summed E-state index contributed by atoms with van der Waals surface area (Å²) in [6, 6.07) is 3.42. The van der Waals surface area contributed by atoms with E-state index in [9.17, 15) is 18.5 Å². The first-order valence-corrected chi connectivity index (χ1v) is 8.51. The summed E-state index contributed by atoms with van der Waals surface area (Å²) in [5.74, 6) is 0. The molecule has 0 fully saturated rings. The predicted molar refractivity (Wildman–Crippen MR) is 81.5 cm³/mol. The summed E-state index contributed by atoms with van der Waals surface area (Å²) in [5, 5.41) is 19.9. The molecule has 0 radical (unpaired) electrons. The molecular weight excluding hydrogens is 364 g/mol. The van der Waals surface area contributed by atoms with Gasteiger partial charge in [0.1, 0.15) is 0 Å². The Bertz CT molecular complexity index is 618. The SMILES string of the molecule is CC(C)N(CCCO)S(=O)(=O)c1cc(Br)ccc1[N+](=O)[O-]. The molecule has 0 spiro atoms. The van der Waals surface area contributed by atoms with Crippen LogP contribution in [0.2, 0.25) is 0 Å². The highest BCUT2D eigenvalue weighted by Gasteiger charge is 2.33. The van der Waals surface area contributed by atoms with Gasteiger partial charge in [0.05, 0.1) is 4.92 Å². The molecule has 7 nitrogen and oxygen atoms in total. The molecule has 0 heterocycles. The summed E-state index contributed by atoms with van der Waals surface area (Å²) < 4.78 is 26.9. The molecule has 1 N–H and O–H groups in total. The molecule has 0 bridgehead atoms. The summed E-state index contributed by atoms with van der Waals surface area (Å²) in [7, 11) is -4.02. The molecule has 118 valence electrons. The van der Waals surface area contributed by atoms with Crippen molar-refractivity contribution in [3.63, 3.8) is 0 Å². The van der Waals surface area contributed by atoms with E-state index >= 15 is 0 Å². The summed E-state index contributed by atoms with van der Waals surface area (Å²) >= 11 is 3.13. The number of benzene rings is 1. The van der Waals surface area contributed by atoms with Crippen LogP contribution >= 0.6 is 15.9 Å². The molecule has 0 atom stereocenters. The minimum Gasteiger partial charge on any atom is -0.396 e. The maximum absolute atomic E-state index is 12.7. The highest BCUT2D eigenvalue weighted by atomic mass is 79.9. The van der Waals surface area contributed by atoms with Crippen molar-refractivity contribution in [1.82, 2.24) is 4.31 Å². The maximum Gasteiger partial charge on any atom is 0.289 e. The van der Waals surface area contributed by atoms with Gasteiger partial charge in [-0.15, -0.1) is 0 Å². The van der Waals surface area contributed by atoms with Gasteiger partial charge < -0.3 is 5.11 Å². The Balaban J connectivity index is 3.40. The Hall–Kier alpha value is -1.03. The third-order valence-corrected chi connectivity index (χ3v) is 5.42. The summed E-state index contributed by atoms with van der Waals surface area (Å²) in [6.07, 6.45) is 0.263. The van der Waals surface area contributed by atoms with Crippen molar-refractivity contribution in [2.24, 2.45) is 0 Å². The van der Waals surface area contributed by atoms with Crippen molar-refractivity contribution in [1.29, 1.82) is 0 Å². The van der Waals surface area contributed by atoms with Crippen molar-refractivity contribution in [3.8, 4) is 0 Å². The molecular formula is C12H17BrN2O5S. The molecule has 1 aromatic rings. The van der Waals surface area contributed by atoms with E-state index in [4.69, 9.17) is 5.11 Å². The second-order valence-electron chi connectivity index (χ2n) is 4.66. The zero-order chi connectivity index (χ0) is 16.2. The zero-order valence-electron chi connectivity index (χ0n) is 11.7. The van der Waals surface area contributed by atoms with Crippen molar-refractivity contribution < 1.29 is 18.4 Å². The Morgan fingerprint density at radius 2 is 2.05 bits per heavy atom. The van der Waals surface area contributed by atoms with Crippen molar-refractivity contribution >= 4 is 31.6 Å². The Kier molecular flexibility index (Phi) is 6.26. The number of hydrogen-bond donors (Lipinski definition) is 1. The molecule has 0 aromatic heterocycles. The fraction of sp³-hybridized carbons (Fsp3) is 0.500. The minimum absolute atomic E-state index is 0.0974. The van der Waals surface area contributed by atoms with E-state index in [-0.39, 0.29) is 30.5 Å². The van der Waals surface area contributed by atoms with E-state index in [0.717, 1.165) is 10.4 Å². The van der Waals surface area contributed by atoms with Crippen LogP contribution in [0.1, 0.15) is 20.3 Å². The summed E-state index contributed by atoms with van der Waals surface area (Å²) in [6.45, 7) is 3.30. The van der Waals surface area contributed by atoms with Crippen LogP contribution in [-0.4, -0.2) is 41.9 Å². The number of sulfonamides is 1. The number of nitro groups is 1. The van der Waals surface area contributed by atoms with Gasteiger partial charge in [0, 0.05) is 29.7 Å². The normalized spacial score (nSPS) is 12.1. The van der Waals surface area contributed by atoms with Gasteiger partial charge in [-0.25, -0.2) is 8.42 Å². The Labute approximate surface area is 131 Å². The lowest BCUT2D eigenvalue weighted by Crippen LogP contribution is -2.38. The van der Waals surface area contributed by atoms with Gasteiger partial charge >= 0.3 is 0 Å². The molecule has 0 aliphatic rings. The summed E-state index contributed by atoms with van der Waals surface area (Å²) in [5.41, 5.74) is -0.465. The number of rotatable bonds is 7. The highest BCUT2D eigenvalue weighted by molar-refractivity contribution is 9.10. The number of halogens is 1. The quantitative estimate of drug-likeness (QED) is 0.576. The monoisotopic (exact) mass is 380 g/mol. The van der Waals surface area contributed by atoms with Crippen LogP contribution in [0.4, 0.5) is 5.69 Å². The molecule has 9 heteroatoms. The standard InChI is InChI=1S/C12H17BrN2O5S/c1-9(2)14(6-3-7-16)21(19,20)12-8-10(13)4-5-11(12)15(17)18/h4-5,8-9,16H,3,6-7H2,1-2H3.